The number of thiol groups is 1. The monoisotopic (exact) mass is 207 g/mol. The van der Waals surface area contributed by atoms with Crippen LogP contribution in [0.5, 0.6) is 0 Å². The Morgan fingerprint density at radius 2 is 1.00 bits per heavy atom. The highest BCUT2D eigenvalue weighted by molar-refractivity contribution is 7.79. The average molecular weight is 208 g/mol. The van der Waals surface area contributed by atoms with E-state index < -0.39 is 0 Å². The summed E-state index contributed by atoms with van der Waals surface area (Å²) in [7, 11) is 0. The van der Waals surface area contributed by atoms with Crippen molar-refractivity contribution >= 4 is 25.0 Å². The van der Waals surface area contributed by atoms with Gasteiger partial charge in [-0.05, 0) is 12.8 Å². The first kappa shape index (κ1) is 17.8. The molecule has 12 heavy (non-hydrogen) atoms. The molecule has 2 N–H and O–H groups in total. The van der Waals surface area contributed by atoms with Crippen LogP contribution in [-0.2, 0) is 0 Å². The number of hydrogen-bond donors (Lipinski definition) is 2. The fourth-order valence-electron chi connectivity index (χ4n) is 0.385. The number of nitrogens with two attached hydrogens (primary N) is 1. The third kappa shape index (κ3) is 22.6. The molecular formula is C9H18ClNS. The SMILES string of the molecule is CCN.CS.Cl.c1ccccc1. The highest BCUT2D eigenvalue weighted by Crippen LogP contribution is 1.79. The molecule has 0 aromatic heterocycles. The van der Waals surface area contributed by atoms with Crippen molar-refractivity contribution < 1.29 is 0 Å². The van der Waals surface area contributed by atoms with Crippen LogP contribution in [0.1, 0.15) is 6.92 Å². The predicted molar refractivity (Wildman–Crippen MR) is 63.3 cm³/mol. The third-order valence-corrected chi connectivity index (χ3v) is 0.667. The van der Waals surface area contributed by atoms with Crippen LogP contribution in [-0.4, -0.2) is 12.8 Å². The Kier molecular flexibility index (Phi) is 33.3. The van der Waals surface area contributed by atoms with E-state index in [1.54, 1.807) is 6.26 Å². The zero-order chi connectivity index (χ0) is 8.95. The van der Waals surface area contributed by atoms with E-state index in [1.807, 2.05) is 43.3 Å². The second-order valence-corrected chi connectivity index (χ2v) is 1.56. The summed E-state index contributed by atoms with van der Waals surface area (Å²) in [5, 5.41) is 0. The summed E-state index contributed by atoms with van der Waals surface area (Å²) in [5.74, 6) is 0. The van der Waals surface area contributed by atoms with E-state index in [2.05, 4.69) is 12.6 Å². The lowest BCUT2D eigenvalue weighted by molar-refractivity contribution is 1.14. The van der Waals surface area contributed by atoms with Crippen molar-refractivity contribution in [1.82, 2.24) is 0 Å². The normalized spacial score (nSPS) is 6.00. The van der Waals surface area contributed by atoms with Gasteiger partial charge in [-0.25, -0.2) is 0 Å². The van der Waals surface area contributed by atoms with Crippen molar-refractivity contribution in [3.63, 3.8) is 0 Å². The average Bonchev–Trinajstić information content (AvgIpc) is 2.12. The Hall–Kier alpha value is -0.180. The summed E-state index contributed by atoms with van der Waals surface area (Å²) in [4.78, 5) is 0. The number of halogens is 1. The molecule has 1 nitrogen and oxygen atoms in total. The molecule has 72 valence electrons. The van der Waals surface area contributed by atoms with Crippen LogP contribution >= 0.6 is 25.0 Å². The summed E-state index contributed by atoms with van der Waals surface area (Å²) < 4.78 is 0. The first-order chi connectivity index (χ1) is 5.41. The van der Waals surface area contributed by atoms with Gasteiger partial charge in [0.1, 0.15) is 0 Å². The Bertz CT molecular complexity index is 97.4. The van der Waals surface area contributed by atoms with Gasteiger partial charge in [-0.3, -0.25) is 0 Å². The van der Waals surface area contributed by atoms with Gasteiger partial charge in [0, 0.05) is 0 Å². The molecule has 0 amide bonds. The number of hydrogen-bond acceptors (Lipinski definition) is 2. The van der Waals surface area contributed by atoms with Crippen molar-refractivity contribution in [2.24, 2.45) is 5.73 Å². The molecule has 0 aliphatic heterocycles. The fraction of sp³-hybridized carbons (Fsp3) is 0.333. The Morgan fingerprint density at radius 1 is 0.917 bits per heavy atom. The maximum atomic E-state index is 4.85. The summed E-state index contributed by atoms with van der Waals surface area (Å²) in [6.45, 7) is 2.65. The van der Waals surface area contributed by atoms with E-state index in [-0.39, 0.29) is 12.4 Å². The van der Waals surface area contributed by atoms with E-state index in [1.165, 1.54) is 0 Å². The van der Waals surface area contributed by atoms with Crippen molar-refractivity contribution in [2.45, 2.75) is 6.92 Å². The molecule has 0 saturated carbocycles. The summed E-state index contributed by atoms with van der Waals surface area (Å²) in [6.07, 6.45) is 1.69. The van der Waals surface area contributed by atoms with Gasteiger partial charge in [0.05, 0.1) is 0 Å². The zero-order valence-electron chi connectivity index (χ0n) is 7.60. The number of benzene rings is 1. The van der Waals surface area contributed by atoms with Crippen LogP contribution in [0, 0.1) is 0 Å². The molecule has 1 rings (SSSR count). The van der Waals surface area contributed by atoms with Gasteiger partial charge in [0.25, 0.3) is 0 Å². The van der Waals surface area contributed by atoms with Gasteiger partial charge >= 0.3 is 0 Å². The fourth-order valence-corrected chi connectivity index (χ4v) is 0.385. The number of rotatable bonds is 0. The first-order valence-electron chi connectivity index (χ1n) is 3.56. The Balaban J connectivity index is -0.000000119. The standard InChI is InChI=1S/C6H6.C2H7N.CH4S.ClH/c1-2-4-6-5-3-1;1-2-3;1-2;/h1-6H;2-3H2,1H3;2H,1H3;1H. The van der Waals surface area contributed by atoms with Crippen LogP contribution in [0.15, 0.2) is 36.4 Å². The second-order valence-electron chi connectivity index (χ2n) is 1.56. The largest absolute Gasteiger partial charge is 0.331 e. The minimum Gasteiger partial charge on any atom is -0.331 e. The second kappa shape index (κ2) is 22.4. The quantitative estimate of drug-likeness (QED) is 0.629. The molecule has 0 unspecified atom stereocenters. The lowest BCUT2D eigenvalue weighted by Crippen LogP contribution is -1.87. The molecule has 1 aromatic rings. The maximum Gasteiger partial charge on any atom is -0.0106 e. The van der Waals surface area contributed by atoms with Crippen LogP contribution in [0.2, 0.25) is 0 Å². The maximum absolute atomic E-state index is 4.85. The highest BCUT2D eigenvalue weighted by atomic mass is 35.5. The molecule has 3 heteroatoms. The Labute approximate surface area is 87.2 Å². The molecule has 0 fully saturated rings. The van der Waals surface area contributed by atoms with Crippen LogP contribution < -0.4 is 5.73 Å². The van der Waals surface area contributed by atoms with E-state index in [4.69, 9.17) is 5.73 Å². The molecule has 0 bridgehead atoms. The molecule has 0 radical (unpaired) electrons. The van der Waals surface area contributed by atoms with Crippen LogP contribution in [0.3, 0.4) is 0 Å². The van der Waals surface area contributed by atoms with Crippen molar-refractivity contribution in [2.75, 3.05) is 12.8 Å². The summed E-state index contributed by atoms with van der Waals surface area (Å²) in [5.41, 5.74) is 4.85. The molecule has 0 heterocycles. The predicted octanol–water partition coefficient (Wildman–Crippen LogP) is 2.62. The third-order valence-electron chi connectivity index (χ3n) is 0.667. The molecule has 0 spiro atoms. The zero-order valence-corrected chi connectivity index (χ0v) is 9.31. The van der Waals surface area contributed by atoms with E-state index in [0.29, 0.717) is 0 Å². The molecule has 0 saturated heterocycles. The van der Waals surface area contributed by atoms with Gasteiger partial charge in [0.15, 0.2) is 0 Å². The molecule has 0 atom stereocenters. The summed E-state index contributed by atoms with van der Waals surface area (Å²) in [6, 6.07) is 12.0. The van der Waals surface area contributed by atoms with Gasteiger partial charge < -0.3 is 5.73 Å². The van der Waals surface area contributed by atoms with Gasteiger partial charge in [-0.1, -0.05) is 43.3 Å². The Morgan fingerprint density at radius 3 is 1.08 bits per heavy atom. The minimum absolute atomic E-state index is 0. The lowest BCUT2D eigenvalue weighted by Gasteiger charge is -1.69. The van der Waals surface area contributed by atoms with E-state index in [9.17, 15) is 0 Å². The van der Waals surface area contributed by atoms with Gasteiger partial charge in [0.2, 0.25) is 0 Å². The molecule has 1 aromatic carbocycles. The molecule has 0 aliphatic carbocycles. The van der Waals surface area contributed by atoms with Gasteiger partial charge in [-0.15, -0.1) is 12.4 Å². The van der Waals surface area contributed by atoms with Crippen molar-refractivity contribution in [1.29, 1.82) is 0 Å². The van der Waals surface area contributed by atoms with E-state index in [0.717, 1.165) is 6.54 Å². The van der Waals surface area contributed by atoms with Crippen molar-refractivity contribution in [3.8, 4) is 0 Å². The van der Waals surface area contributed by atoms with Gasteiger partial charge in [-0.2, -0.15) is 12.6 Å². The lowest BCUT2D eigenvalue weighted by atomic mass is 10.4. The minimum atomic E-state index is 0. The molecular weight excluding hydrogens is 190 g/mol. The van der Waals surface area contributed by atoms with Crippen LogP contribution in [0.25, 0.3) is 0 Å². The summed E-state index contributed by atoms with van der Waals surface area (Å²) >= 11 is 3.53. The van der Waals surface area contributed by atoms with Crippen LogP contribution in [0.4, 0.5) is 0 Å². The van der Waals surface area contributed by atoms with Crippen molar-refractivity contribution in [3.05, 3.63) is 36.4 Å². The van der Waals surface area contributed by atoms with E-state index >= 15 is 0 Å². The first-order valence-corrected chi connectivity index (χ1v) is 4.46. The molecule has 0 aliphatic rings. The topological polar surface area (TPSA) is 26.0 Å². The smallest absolute Gasteiger partial charge is 0.0106 e. The highest BCUT2D eigenvalue weighted by Gasteiger charge is 1.57.